The second-order valence-corrected chi connectivity index (χ2v) is 10.5. The number of ether oxygens (including phenoxy) is 2. The van der Waals surface area contributed by atoms with E-state index >= 15 is 0 Å². The van der Waals surface area contributed by atoms with Crippen molar-refractivity contribution in [3.63, 3.8) is 0 Å². The van der Waals surface area contributed by atoms with Gasteiger partial charge < -0.3 is 24.9 Å². The number of aliphatic hydroxyl groups is 1. The number of aliphatic hydroxyl groups excluding tert-OH is 1. The maximum absolute atomic E-state index is 13.6. The van der Waals surface area contributed by atoms with E-state index in [1.54, 1.807) is 17.1 Å². The van der Waals surface area contributed by atoms with Gasteiger partial charge in [0.25, 0.3) is 0 Å². The van der Waals surface area contributed by atoms with Crippen LogP contribution in [0.3, 0.4) is 0 Å². The molecule has 0 bridgehead atoms. The summed E-state index contributed by atoms with van der Waals surface area (Å²) >= 11 is 12.1. The summed E-state index contributed by atoms with van der Waals surface area (Å²) < 4.78 is 11.6. The highest BCUT2D eigenvalue weighted by molar-refractivity contribution is 6.31. The van der Waals surface area contributed by atoms with Crippen molar-refractivity contribution in [1.82, 2.24) is 15.2 Å². The van der Waals surface area contributed by atoms with Crippen LogP contribution in [-0.4, -0.2) is 58.7 Å². The summed E-state index contributed by atoms with van der Waals surface area (Å²) in [5.74, 6) is 1.21. The molecular formula is C31H35Cl2N3O5. The first-order valence-electron chi connectivity index (χ1n) is 13.7. The van der Waals surface area contributed by atoms with E-state index in [-0.39, 0.29) is 19.1 Å². The van der Waals surface area contributed by atoms with Crippen LogP contribution in [0.5, 0.6) is 5.75 Å². The Morgan fingerprint density at radius 2 is 2.02 bits per heavy atom. The topological polar surface area (TPSA) is 104 Å². The zero-order valence-electron chi connectivity index (χ0n) is 23.2. The van der Waals surface area contributed by atoms with E-state index in [1.165, 1.54) is 6.92 Å². The number of allylic oxidation sites excluding steroid dienone is 3. The van der Waals surface area contributed by atoms with Gasteiger partial charge in [-0.25, -0.2) is 4.79 Å². The number of alkyl halides is 1. The molecule has 0 radical (unpaired) electrons. The number of hydrogen-bond acceptors (Lipinski definition) is 5. The average Bonchev–Trinajstić information content (AvgIpc) is 3.32. The van der Waals surface area contributed by atoms with Crippen molar-refractivity contribution in [1.29, 1.82) is 0 Å². The van der Waals surface area contributed by atoms with Crippen LogP contribution < -0.4 is 10.1 Å². The SMILES string of the molecule is CC/C=C(\C=C/CCl)OC(=O)N1CCc2c([nH]c3ccc(Cl)cc23)[C@@H]1c1ccc(OCCC(O)CNC(C)=O)cc1. The number of benzene rings is 2. The Balaban J connectivity index is 1.59. The molecule has 0 saturated heterocycles. The molecule has 0 fully saturated rings. The molecule has 1 aliphatic rings. The van der Waals surface area contributed by atoms with Gasteiger partial charge in [0.1, 0.15) is 17.6 Å². The molecule has 1 aromatic heterocycles. The number of rotatable bonds is 11. The molecule has 41 heavy (non-hydrogen) atoms. The van der Waals surface area contributed by atoms with Crippen molar-refractivity contribution in [2.24, 2.45) is 0 Å². The monoisotopic (exact) mass is 599 g/mol. The van der Waals surface area contributed by atoms with E-state index in [2.05, 4.69) is 10.3 Å². The fourth-order valence-corrected chi connectivity index (χ4v) is 5.15. The predicted octanol–water partition coefficient (Wildman–Crippen LogP) is 6.26. The number of H-pyrrole nitrogens is 1. The zero-order chi connectivity index (χ0) is 29.4. The van der Waals surface area contributed by atoms with E-state index in [9.17, 15) is 14.7 Å². The molecule has 0 spiro atoms. The second kappa shape index (κ2) is 14.4. The highest BCUT2D eigenvalue weighted by atomic mass is 35.5. The number of carbonyl (C=O) groups excluding carboxylic acids is 2. The Morgan fingerprint density at radius 1 is 1.24 bits per heavy atom. The van der Waals surface area contributed by atoms with Crippen molar-refractivity contribution in [2.45, 2.75) is 45.3 Å². The number of amides is 2. The minimum Gasteiger partial charge on any atom is -0.493 e. The Bertz CT molecular complexity index is 1420. The molecule has 8 nitrogen and oxygen atoms in total. The average molecular weight is 601 g/mol. The van der Waals surface area contributed by atoms with Crippen LogP contribution >= 0.6 is 23.2 Å². The predicted molar refractivity (Wildman–Crippen MR) is 162 cm³/mol. The molecule has 2 aromatic carbocycles. The molecule has 2 atom stereocenters. The molecule has 2 heterocycles. The Kier molecular flexibility index (Phi) is 10.7. The standard InChI is InChI=1S/C31H35Cl2N3O5/c1-3-5-25(6-4-15-32)41-31(39)36-16-13-26-27-18-22(33)9-12-28(27)35-29(26)30(36)21-7-10-24(11-8-21)40-17-14-23(38)19-34-20(2)37/h4-12,18,23,30,35,38H,3,13-17,19H2,1-2H3,(H,34,37)/b6-4-,25-5+/t23?,30-/m0/s1. The van der Waals surface area contributed by atoms with Gasteiger partial charge in [-0.05, 0) is 66.5 Å². The summed E-state index contributed by atoms with van der Waals surface area (Å²) in [5.41, 5.74) is 3.87. The lowest BCUT2D eigenvalue weighted by molar-refractivity contribution is -0.119. The van der Waals surface area contributed by atoms with Crippen LogP contribution in [0.4, 0.5) is 4.79 Å². The van der Waals surface area contributed by atoms with Gasteiger partial charge in [-0.15, -0.1) is 11.6 Å². The van der Waals surface area contributed by atoms with Gasteiger partial charge in [0, 0.05) is 53.9 Å². The summed E-state index contributed by atoms with van der Waals surface area (Å²) in [6.07, 6.45) is 5.87. The van der Waals surface area contributed by atoms with Gasteiger partial charge in [0.15, 0.2) is 0 Å². The quantitative estimate of drug-likeness (QED) is 0.137. The molecular weight excluding hydrogens is 565 g/mol. The Labute approximate surface area is 249 Å². The van der Waals surface area contributed by atoms with Gasteiger partial charge in [-0.2, -0.15) is 0 Å². The van der Waals surface area contributed by atoms with Crippen LogP contribution in [0.25, 0.3) is 10.9 Å². The first-order chi connectivity index (χ1) is 19.8. The van der Waals surface area contributed by atoms with E-state index in [0.717, 1.165) is 27.7 Å². The number of halogens is 2. The van der Waals surface area contributed by atoms with Gasteiger partial charge >= 0.3 is 6.09 Å². The molecule has 1 unspecified atom stereocenters. The number of carbonyl (C=O) groups is 2. The molecule has 3 aromatic rings. The molecule has 10 heteroatoms. The maximum Gasteiger partial charge on any atom is 0.416 e. The van der Waals surface area contributed by atoms with Crippen LogP contribution in [0, 0.1) is 0 Å². The number of fused-ring (bicyclic) bond motifs is 3. The van der Waals surface area contributed by atoms with Crippen LogP contribution in [-0.2, 0) is 16.0 Å². The molecule has 0 aliphatic carbocycles. The van der Waals surface area contributed by atoms with E-state index in [4.69, 9.17) is 32.7 Å². The molecule has 0 saturated carbocycles. The molecule has 218 valence electrons. The third-order valence-corrected chi connectivity index (χ3v) is 7.22. The molecule has 1 aliphatic heterocycles. The molecule has 2 amide bonds. The van der Waals surface area contributed by atoms with Gasteiger partial charge in [0.05, 0.1) is 12.7 Å². The molecule has 3 N–H and O–H groups in total. The number of aromatic nitrogens is 1. The minimum atomic E-state index is -0.695. The van der Waals surface area contributed by atoms with Crippen molar-refractivity contribution < 1.29 is 24.2 Å². The zero-order valence-corrected chi connectivity index (χ0v) is 24.7. The van der Waals surface area contributed by atoms with Crippen LogP contribution in [0.1, 0.15) is 49.6 Å². The fraction of sp³-hybridized carbons (Fsp3) is 0.355. The summed E-state index contributed by atoms with van der Waals surface area (Å²) in [6.45, 7) is 4.31. The van der Waals surface area contributed by atoms with Gasteiger partial charge in [-0.1, -0.05) is 36.7 Å². The fourth-order valence-electron chi connectivity index (χ4n) is 4.89. The van der Waals surface area contributed by atoms with Crippen molar-refractivity contribution in [3.8, 4) is 5.75 Å². The van der Waals surface area contributed by atoms with Gasteiger partial charge in [-0.3, -0.25) is 9.69 Å². The normalized spacial score (nSPS) is 16.1. The highest BCUT2D eigenvalue weighted by Crippen LogP contribution is 2.40. The van der Waals surface area contributed by atoms with Crippen molar-refractivity contribution in [3.05, 3.63) is 88.3 Å². The van der Waals surface area contributed by atoms with Crippen molar-refractivity contribution >= 4 is 46.1 Å². The second-order valence-electron chi connectivity index (χ2n) is 9.79. The lowest BCUT2D eigenvalue weighted by Gasteiger charge is -2.35. The molecule has 4 rings (SSSR count). The number of aromatic amines is 1. The van der Waals surface area contributed by atoms with Gasteiger partial charge in [0.2, 0.25) is 5.91 Å². The first-order valence-corrected chi connectivity index (χ1v) is 14.6. The summed E-state index contributed by atoms with van der Waals surface area (Å²) in [7, 11) is 0. The minimum absolute atomic E-state index is 0.181. The Morgan fingerprint density at radius 3 is 2.73 bits per heavy atom. The first kappa shape index (κ1) is 30.5. The van der Waals surface area contributed by atoms with Crippen LogP contribution in [0.2, 0.25) is 5.02 Å². The lowest BCUT2D eigenvalue weighted by atomic mass is 9.92. The largest absolute Gasteiger partial charge is 0.493 e. The van der Waals surface area contributed by atoms with E-state index in [0.29, 0.717) is 48.2 Å². The third-order valence-electron chi connectivity index (χ3n) is 6.81. The maximum atomic E-state index is 13.6. The summed E-state index contributed by atoms with van der Waals surface area (Å²) in [6, 6.07) is 12.9. The van der Waals surface area contributed by atoms with E-state index < -0.39 is 18.2 Å². The third kappa shape index (κ3) is 7.85. The van der Waals surface area contributed by atoms with Crippen LogP contribution in [0.15, 0.2) is 66.5 Å². The van der Waals surface area contributed by atoms with Crippen molar-refractivity contribution in [2.75, 3.05) is 25.6 Å². The summed E-state index contributed by atoms with van der Waals surface area (Å²) in [4.78, 5) is 29.9. The smallest absolute Gasteiger partial charge is 0.416 e. The number of hydrogen-bond donors (Lipinski definition) is 3. The summed E-state index contributed by atoms with van der Waals surface area (Å²) in [5, 5.41) is 14.3. The number of nitrogens with one attached hydrogen (secondary N) is 2. The Hall–Kier alpha value is -3.46. The number of nitrogens with zero attached hydrogens (tertiary/aromatic N) is 1. The highest BCUT2D eigenvalue weighted by Gasteiger charge is 2.36. The lowest BCUT2D eigenvalue weighted by Crippen LogP contribution is -2.40. The van der Waals surface area contributed by atoms with E-state index in [1.807, 2.05) is 55.5 Å².